The number of carbonyl (C=O) groups is 2. The van der Waals surface area contributed by atoms with E-state index in [1.54, 1.807) is 25.4 Å². The number of anilines is 2. The molecule has 0 aliphatic carbocycles. The van der Waals surface area contributed by atoms with E-state index < -0.39 is 5.82 Å². The van der Waals surface area contributed by atoms with Gasteiger partial charge in [0.1, 0.15) is 17.3 Å². The number of methoxy groups -OCH3 is 2. The van der Waals surface area contributed by atoms with Crippen molar-refractivity contribution < 1.29 is 23.5 Å². The summed E-state index contributed by atoms with van der Waals surface area (Å²) in [4.78, 5) is 27.6. The zero-order chi connectivity index (χ0) is 35.2. The lowest BCUT2D eigenvalue weighted by atomic mass is 10.0. The Labute approximate surface area is 300 Å². The van der Waals surface area contributed by atoms with Gasteiger partial charge in [0.05, 0.1) is 41.3 Å². The monoisotopic (exact) mass is 720 g/mol. The molecule has 0 spiro atoms. The Bertz CT molecular complexity index is 1890. The van der Waals surface area contributed by atoms with Crippen LogP contribution in [0.25, 0.3) is 22.4 Å². The van der Waals surface area contributed by atoms with Crippen LogP contribution in [0.4, 0.5) is 15.8 Å². The average molecular weight is 722 g/mol. The van der Waals surface area contributed by atoms with Gasteiger partial charge in [0.2, 0.25) is 11.8 Å². The van der Waals surface area contributed by atoms with Crippen LogP contribution in [0.2, 0.25) is 10.0 Å². The van der Waals surface area contributed by atoms with Gasteiger partial charge in [-0.05, 0) is 37.1 Å². The van der Waals surface area contributed by atoms with Crippen LogP contribution in [0.3, 0.4) is 0 Å². The zero-order valence-electron chi connectivity index (χ0n) is 27.8. The molecule has 6 rings (SSSR count). The van der Waals surface area contributed by atoms with E-state index in [4.69, 9.17) is 32.7 Å². The maximum absolute atomic E-state index is 14.9. The fourth-order valence-corrected chi connectivity index (χ4v) is 7.01. The third kappa shape index (κ3) is 8.13. The Morgan fingerprint density at radius 2 is 1.50 bits per heavy atom. The van der Waals surface area contributed by atoms with Gasteiger partial charge in [0.15, 0.2) is 0 Å². The topological polar surface area (TPSA) is 126 Å². The number of pyridine rings is 1. The van der Waals surface area contributed by atoms with Gasteiger partial charge in [0, 0.05) is 91.2 Å². The number of benzene rings is 3. The summed E-state index contributed by atoms with van der Waals surface area (Å²) in [5.74, 6) is 0.850. The number of rotatable bonds is 14. The van der Waals surface area contributed by atoms with E-state index in [2.05, 4.69) is 31.6 Å². The molecule has 2 saturated heterocycles. The minimum absolute atomic E-state index is 0.0435. The third-order valence-corrected chi connectivity index (χ3v) is 9.71. The summed E-state index contributed by atoms with van der Waals surface area (Å²) >= 11 is 14.0. The van der Waals surface area contributed by atoms with E-state index in [0.717, 1.165) is 24.0 Å². The van der Waals surface area contributed by atoms with Gasteiger partial charge in [-0.15, -0.1) is 0 Å². The fourth-order valence-electron chi connectivity index (χ4n) is 6.41. The van der Waals surface area contributed by atoms with E-state index in [-0.39, 0.29) is 23.9 Å². The third-order valence-electron chi connectivity index (χ3n) is 8.93. The summed E-state index contributed by atoms with van der Waals surface area (Å²) in [6, 6.07) is 16.1. The molecular weight excluding hydrogens is 682 g/mol. The minimum Gasteiger partial charge on any atom is -0.496 e. The van der Waals surface area contributed by atoms with E-state index in [0.29, 0.717) is 94.3 Å². The Morgan fingerprint density at radius 1 is 0.820 bits per heavy atom. The van der Waals surface area contributed by atoms with Crippen LogP contribution in [0.5, 0.6) is 11.5 Å². The first-order chi connectivity index (χ1) is 24.2. The molecule has 2 atom stereocenters. The zero-order valence-corrected chi connectivity index (χ0v) is 29.3. The molecule has 2 fully saturated rings. The van der Waals surface area contributed by atoms with Crippen LogP contribution in [0, 0.1) is 5.82 Å². The lowest BCUT2D eigenvalue weighted by molar-refractivity contribution is -0.120. The highest BCUT2D eigenvalue weighted by Gasteiger charge is 2.22. The standard InChI is InChI=1S/C37H39Cl2FN6O4/c1-49-31-15-21(6-7-22(31)17-41-19-25-8-10-32(47)44-25)36-35(39)28(12-13-43-36)27-4-3-5-29(34(27)38)46-30-16-24(40)14-23(37(30)50-2)18-42-20-26-9-11-33(48)45-26/h3-7,12-16,25-26,41-42,46H,8-11,17-20H2,1-2H3,(H,44,47)(H,45,48)/t25-,26-/m1/s1. The van der Waals surface area contributed by atoms with Gasteiger partial charge in [0.25, 0.3) is 0 Å². The largest absolute Gasteiger partial charge is 0.496 e. The van der Waals surface area contributed by atoms with Gasteiger partial charge in [-0.25, -0.2) is 4.39 Å². The number of amides is 2. The first-order valence-corrected chi connectivity index (χ1v) is 17.2. The van der Waals surface area contributed by atoms with Crippen molar-refractivity contribution in [3.8, 4) is 33.9 Å². The molecule has 5 N–H and O–H groups in total. The molecule has 1 aromatic heterocycles. The highest BCUT2D eigenvalue weighted by molar-refractivity contribution is 6.39. The van der Waals surface area contributed by atoms with Crippen molar-refractivity contribution in [2.45, 2.75) is 50.9 Å². The predicted octanol–water partition coefficient (Wildman–Crippen LogP) is 6.36. The molecule has 0 unspecified atom stereocenters. The molecule has 2 amide bonds. The summed E-state index contributed by atoms with van der Waals surface area (Å²) in [5.41, 5.74) is 5.19. The maximum atomic E-state index is 14.9. The van der Waals surface area contributed by atoms with Gasteiger partial charge in [-0.2, -0.15) is 0 Å². The van der Waals surface area contributed by atoms with Crippen molar-refractivity contribution in [3.05, 3.63) is 87.8 Å². The number of nitrogens with zero attached hydrogens (tertiary/aromatic N) is 1. The fraction of sp³-hybridized carbons (Fsp3) is 0.324. The quantitative estimate of drug-likeness (QED) is 0.102. The van der Waals surface area contributed by atoms with E-state index in [1.807, 2.05) is 30.3 Å². The number of hydrogen-bond acceptors (Lipinski definition) is 8. The molecule has 2 aliphatic rings. The summed E-state index contributed by atoms with van der Waals surface area (Å²) in [6.07, 6.45) is 4.34. The number of halogens is 3. The van der Waals surface area contributed by atoms with Crippen LogP contribution in [0.1, 0.15) is 36.8 Å². The van der Waals surface area contributed by atoms with Crippen LogP contribution in [-0.2, 0) is 22.7 Å². The van der Waals surface area contributed by atoms with Crippen molar-refractivity contribution >= 4 is 46.4 Å². The van der Waals surface area contributed by atoms with Gasteiger partial charge in [-0.1, -0.05) is 47.5 Å². The normalized spacial score (nSPS) is 17.1. The number of aromatic nitrogens is 1. The number of ether oxygens (including phenoxy) is 2. The highest BCUT2D eigenvalue weighted by Crippen LogP contribution is 2.43. The summed E-state index contributed by atoms with van der Waals surface area (Å²) in [7, 11) is 3.15. The van der Waals surface area contributed by atoms with Crippen molar-refractivity contribution in [2.24, 2.45) is 0 Å². The summed E-state index contributed by atoms with van der Waals surface area (Å²) in [6.45, 7) is 2.15. The molecular formula is C37H39Cl2FN6O4. The lowest BCUT2D eigenvalue weighted by Crippen LogP contribution is -2.35. The van der Waals surface area contributed by atoms with E-state index >= 15 is 0 Å². The van der Waals surface area contributed by atoms with Gasteiger partial charge < -0.3 is 36.1 Å². The SMILES string of the molecule is COc1cc(-c2nccc(-c3cccc(Nc4cc(F)cc(CNC[C@H]5CCC(=O)N5)c4OC)c3Cl)c2Cl)ccc1CNC[C@H]1CCC(=O)N1. The van der Waals surface area contributed by atoms with Crippen molar-refractivity contribution in [1.29, 1.82) is 0 Å². The Morgan fingerprint density at radius 3 is 2.14 bits per heavy atom. The minimum atomic E-state index is -0.437. The summed E-state index contributed by atoms with van der Waals surface area (Å²) in [5, 5.41) is 16.6. The van der Waals surface area contributed by atoms with E-state index in [1.165, 1.54) is 19.2 Å². The molecule has 50 heavy (non-hydrogen) atoms. The molecule has 2 aliphatic heterocycles. The second kappa shape index (κ2) is 16.1. The lowest BCUT2D eigenvalue weighted by Gasteiger charge is -2.19. The maximum Gasteiger partial charge on any atom is 0.220 e. The van der Waals surface area contributed by atoms with Crippen LogP contribution in [-0.4, -0.2) is 56.2 Å². The molecule has 0 radical (unpaired) electrons. The van der Waals surface area contributed by atoms with Crippen molar-refractivity contribution in [2.75, 3.05) is 32.6 Å². The van der Waals surface area contributed by atoms with Crippen LogP contribution >= 0.6 is 23.2 Å². The van der Waals surface area contributed by atoms with Crippen LogP contribution in [0.15, 0.2) is 60.8 Å². The second-order valence-electron chi connectivity index (χ2n) is 12.4. The molecule has 262 valence electrons. The summed E-state index contributed by atoms with van der Waals surface area (Å²) < 4.78 is 26.3. The van der Waals surface area contributed by atoms with Crippen molar-refractivity contribution in [1.82, 2.24) is 26.3 Å². The van der Waals surface area contributed by atoms with Crippen LogP contribution < -0.4 is 36.1 Å². The molecule has 3 aromatic carbocycles. The van der Waals surface area contributed by atoms with Gasteiger partial charge >= 0.3 is 0 Å². The second-order valence-corrected chi connectivity index (χ2v) is 13.1. The predicted molar refractivity (Wildman–Crippen MR) is 194 cm³/mol. The number of hydrogen-bond donors (Lipinski definition) is 5. The first kappa shape index (κ1) is 35.4. The molecule has 10 nitrogen and oxygen atoms in total. The Balaban J connectivity index is 1.21. The highest BCUT2D eigenvalue weighted by atomic mass is 35.5. The molecule has 13 heteroatoms. The Kier molecular flexibility index (Phi) is 11.4. The van der Waals surface area contributed by atoms with Gasteiger partial charge in [-0.3, -0.25) is 14.6 Å². The molecule has 3 heterocycles. The first-order valence-electron chi connectivity index (χ1n) is 16.5. The number of carbonyl (C=O) groups excluding carboxylic acids is 2. The smallest absolute Gasteiger partial charge is 0.220 e. The average Bonchev–Trinajstić information content (AvgIpc) is 3.72. The Hall–Kier alpha value is -4.42. The molecule has 4 aromatic rings. The van der Waals surface area contributed by atoms with Crippen molar-refractivity contribution in [3.63, 3.8) is 0 Å². The molecule has 0 saturated carbocycles. The number of nitrogens with one attached hydrogen (secondary N) is 5. The molecule has 0 bridgehead atoms. The van der Waals surface area contributed by atoms with E-state index in [9.17, 15) is 14.0 Å².